The Bertz CT molecular complexity index is 468. The van der Waals surface area contributed by atoms with Crippen LogP contribution in [0.5, 0.6) is 11.5 Å². The molecule has 1 aromatic carbocycles. The Labute approximate surface area is 152 Å². The Morgan fingerprint density at radius 1 is 1.00 bits per heavy atom. The monoisotopic (exact) mass is 353 g/mol. The quantitative estimate of drug-likeness (QED) is 0.625. The molecule has 25 heavy (non-hydrogen) atoms. The zero-order valence-corrected chi connectivity index (χ0v) is 16.6. The zero-order chi connectivity index (χ0) is 18.8. The first-order valence-corrected chi connectivity index (χ1v) is 9.08. The minimum atomic E-state index is -0.498. The van der Waals surface area contributed by atoms with E-state index in [1.165, 1.54) is 0 Å². The third-order valence-electron chi connectivity index (χ3n) is 3.93. The Morgan fingerprint density at radius 2 is 1.60 bits per heavy atom. The molecule has 0 bridgehead atoms. The molecule has 0 amide bonds. The van der Waals surface area contributed by atoms with Crippen LogP contribution in [0.15, 0.2) is 18.2 Å². The Hall–Kier alpha value is -1.30. The van der Waals surface area contributed by atoms with Crippen LogP contribution in [0.2, 0.25) is 0 Å². The van der Waals surface area contributed by atoms with Crippen molar-refractivity contribution in [1.82, 2.24) is 4.90 Å². The van der Waals surface area contributed by atoms with Gasteiger partial charge in [-0.3, -0.25) is 4.90 Å². The first-order chi connectivity index (χ1) is 11.8. The first-order valence-electron chi connectivity index (χ1n) is 9.08. The van der Waals surface area contributed by atoms with Gasteiger partial charge >= 0.3 is 0 Å². The second-order valence-electron chi connectivity index (χ2n) is 7.17. The van der Waals surface area contributed by atoms with E-state index in [-0.39, 0.29) is 6.10 Å². The van der Waals surface area contributed by atoms with Crippen LogP contribution in [0.4, 0.5) is 0 Å². The number of hydrogen-bond donors (Lipinski definition) is 1. The molecular formula is C20H35NO4. The lowest BCUT2D eigenvalue weighted by Crippen LogP contribution is -2.36. The fourth-order valence-electron chi connectivity index (χ4n) is 2.55. The molecule has 0 spiro atoms. The molecule has 0 aromatic heterocycles. The average molecular weight is 354 g/mol. The van der Waals surface area contributed by atoms with Gasteiger partial charge in [-0.1, -0.05) is 13.8 Å². The molecule has 0 aliphatic heterocycles. The number of nitrogens with zero attached hydrogens (tertiary/aromatic N) is 1. The van der Waals surface area contributed by atoms with Gasteiger partial charge in [-0.25, -0.2) is 0 Å². The van der Waals surface area contributed by atoms with E-state index in [0.29, 0.717) is 19.1 Å². The van der Waals surface area contributed by atoms with Gasteiger partial charge < -0.3 is 19.3 Å². The van der Waals surface area contributed by atoms with Crippen LogP contribution in [0.3, 0.4) is 0 Å². The Morgan fingerprint density at radius 3 is 2.08 bits per heavy atom. The number of aliphatic hydroxyl groups excluding tert-OH is 1. The van der Waals surface area contributed by atoms with Crippen molar-refractivity contribution >= 4 is 0 Å². The highest BCUT2D eigenvalue weighted by Gasteiger charge is 2.15. The lowest BCUT2D eigenvalue weighted by atomic mass is 10.1. The molecule has 0 saturated carbocycles. The van der Waals surface area contributed by atoms with Gasteiger partial charge in [0, 0.05) is 19.2 Å². The number of methoxy groups -OCH3 is 2. The largest absolute Gasteiger partial charge is 0.497 e. The summed E-state index contributed by atoms with van der Waals surface area (Å²) in [7, 11) is 3.31. The highest BCUT2D eigenvalue weighted by molar-refractivity contribution is 5.38. The summed E-state index contributed by atoms with van der Waals surface area (Å²) in [5.74, 6) is 2.18. The van der Waals surface area contributed by atoms with Gasteiger partial charge in [0.15, 0.2) is 0 Å². The molecular weight excluding hydrogens is 318 g/mol. The molecule has 0 radical (unpaired) electrons. The van der Waals surface area contributed by atoms with Crippen LogP contribution < -0.4 is 9.47 Å². The van der Waals surface area contributed by atoms with E-state index in [1.807, 2.05) is 32.0 Å². The Kier molecular flexibility index (Phi) is 9.86. The zero-order valence-electron chi connectivity index (χ0n) is 16.6. The van der Waals surface area contributed by atoms with Crippen molar-refractivity contribution in [3.05, 3.63) is 23.8 Å². The van der Waals surface area contributed by atoms with Gasteiger partial charge in [-0.05, 0) is 50.4 Å². The van der Waals surface area contributed by atoms with Crippen molar-refractivity contribution < 1.29 is 19.3 Å². The van der Waals surface area contributed by atoms with Crippen LogP contribution in [0, 0.1) is 5.92 Å². The molecule has 5 heteroatoms. The second kappa shape index (κ2) is 11.3. The van der Waals surface area contributed by atoms with Crippen LogP contribution >= 0.6 is 0 Å². The lowest BCUT2D eigenvalue weighted by Gasteiger charge is -2.26. The topological polar surface area (TPSA) is 51.2 Å². The minimum absolute atomic E-state index is 0.126. The third-order valence-corrected chi connectivity index (χ3v) is 3.93. The molecule has 0 fully saturated rings. The summed E-state index contributed by atoms with van der Waals surface area (Å²) in [4.78, 5) is 2.27. The van der Waals surface area contributed by atoms with E-state index >= 15 is 0 Å². The molecule has 144 valence electrons. The van der Waals surface area contributed by atoms with Gasteiger partial charge in [0.05, 0.1) is 33.0 Å². The number of ether oxygens (including phenoxy) is 3. The van der Waals surface area contributed by atoms with E-state index in [1.54, 1.807) is 14.2 Å². The summed E-state index contributed by atoms with van der Waals surface area (Å²) in [5.41, 5.74) is 1.11. The summed E-state index contributed by atoms with van der Waals surface area (Å²) < 4.78 is 16.2. The van der Waals surface area contributed by atoms with Crippen molar-refractivity contribution in [2.75, 3.05) is 33.9 Å². The van der Waals surface area contributed by atoms with Crippen LogP contribution in [-0.2, 0) is 11.3 Å². The van der Waals surface area contributed by atoms with E-state index in [9.17, 15) is 5.11 Å². The SMILES string of the molecule is COc1cc(CN(CCC(C)C)CC(O)COC(C)C)cc(OC)c1. The molecule has 0 saturated heterocycles. The maximum atomic E-state index is 10.3. The van der Waals surface area contributed by atoms with Crippen molar-refractivity contribution in [1.29, 1.82) is 0 Å². The van der Waals surface area contributed by atoms with Gasteiger partial charge in [0.1, 0.15) is 11.5 Å². The highest BCUT2D eigenvalue weighted by Crippen LogP contribution is 2.23. The molecule has 1 rings (SSSR count). The fraction of sp³-hybridized carbons (Fsp3) is 0.700. The Balaban J connectivity index is 2.78. The van der Waals surface area contributed by atoms with E-state index in [2.05, 4.69) is 18.7 Å². The summed E-state index contributed by atoms with van der Waals surface area (Å²) in [6.45, 7) is 11.0. The number of hydrogen-bond acceptors (Lipinski definition) is 5. The second-order valence-corrected chi connectivity index (χ2v) is 7.17. The number of aliphatic hydroxyl groups is 1. The van der Waals surface area contributed by atoms with Crippen molar-refractivity contribution in [2.24, 2.45) is 5.92 Å². The molecule has 5 nitrogen and oxygen atoms in total. The number of rotatable bonds is 12. The van der Waals surface area contributed by atoms with Gasteiger partial charge in [0.2, 0.25) is 0 Å². The molecule has 0 aliphatic rings. The average Bonchev–Trinajstić information content (AvgIpc) is 2.57. The maximum absolute atomic E-state index is 10.3. The molecule has 1 atom stereocenters. The molecule has 1 N–H and O–H groups in total. The van der Waals surface area contributed by atoms with Crippen molar-refractivity contribution in [3.63, 3.8) is 0 Å². The summed E-state index contributed by atoms with van der Waals surface area (Å²) in [6, 6.07) is 5.90. The van der Waals surface area contributed by atoms with Gasteiger partial charge in [-0.2, -0.15) is 0 Å². The third kappa shape index (κ3) is 9.10. The fourth-order valence-corrected chi connectivity index (χ4v) is 2.55. The van der Waals surface area contributed by atoms with Gasteiger partial charge in [0.25, 0.3) is 0 Å². The van der Waals surface area contributed by atoms with Crippen LogP contribution in [-0.4, -0.2) is 56.1 Å². The van der Waals surface area contributed by atoms with Crippen LogP contribution in [0.25, 0.3) is 0 Å². The summed E-state index contributed by atoms with van der Waals surface area (Å²) >= 11 is 0. The minimum Gasteiger partial charge on any atom is -0.497 e. The first kappa shape index (κ1) is 21.7. The van der Waals surface area contributed by atoms with Crippen molar-refractivity contribution in [2.45, 2.75) is 52.9 Å². The number of benzene rings is 1. The molecule has 0 aliphatic carbocycles. The summed E-state index contributed by atoms with van der Waals surface area (Å²) in [5, 5.41) is 10.3. The van der Waals surface area contributed by atoms with Crippen molar-refractivity contribution in [3.8, 4) is 11.5 Å². The van der Waals surface area contributed by atoms with Gasteiger partial charge in [-0.15, -0.1) is 0 Å². The van der Waals surface area contributed by atoms with E-state index in [4.69, 9.17) is 14.2 Å². The lowest BCUT2D eigenvalue weighted by molar-refractivity contribution is -0.00998. The normalized spacial score (nSPS) is 12.9. The predicted molar refractivity (Wildman–Crippen MR) is 101 cm³/mol. The highest BCUT2D eigenvalue weighted by atomic mass is 16.5. The predicted octanol–water partition coefficient (Wildman–Crippen LogP) is 3.34. The molecule has 1 unspecified atom stereocenters. The molecule has 0 heterocycles. The smallest absolute Gasteiger partial charge is 0.122 e. The van der Waals surface area contributed by atoms with E-state index < -0.39 is 6.10 Å². The van der Waals surface area contributed by atoms with Crippen LogP contribution in [0.1, 0.15) is 39.7 Å². The summed E-state index contributed by atoms with van der Waals surface area (Å²) in [6.07, 6.45) is 0.710. The molecule has 1 aromatic rings. The standard InChI is InChI=1S/C20H35NO4/c1-15(2)7-8-21(13-18(22)14-25-16(3)4)12-17-9-19(23-5)11-20(10-17)24-6/h9-11,15-16,18,22H,7-8,12-14H2,1-6H3. The van der Waals surface area contributed by atoms with E-state index in [0.717, 1.165) is 36.6 Å². The maximum Gasteiger partial charge on any atom is 0.122 e.